The Labute approximate surface area is 192 Å². The number of thiophene rings is 1. The Morgan fingerprint density at radius 2 is 1.69 bits per heavy atom. The first-order valence-corrected chi connectivity index (χ1v) is 12.2. The van der Waals surface area contributed by atoms with Gasteiger partial charge in [0.1, 0.15) is 11.8 Å². The molecule has 0 aliphatic carbocycles. The molecule has 3 aliphatic rings. The fraction of sp³-hybridized carbons (Fsp3) is 0.522. The lowest BCUT2D eigenvalue weighted by Gasteiger charge is -2.35. The molecule has 0 spiro atoms. The highest BCUT2D eigenvalue weighted by molar-refractivity contribution is 7.12. The zero-order valence-electron chi connectivity index (χ0n) is 18.2. The van der Waals surface area contributed by atoms with E-state index in [2.05, 4.69) is 9.80 Å². The maximum Gasteiger partial charge on any atom is 0.257 e. The van der Waals surface area contributed by atoms with E-state index >= 15 is 0 Å². The molecule has 2 fully saturated rings. The zero-order chi connectivity index (χ0) is 21.9. The van der Waals surface area contributed by atoms with Gasteiger partial charge in [-0.15, -0.1) is 11.3 Å². The van der Waals surface area contributed by atoms with Crippen LogP contribution in [0.3, 0.4) is 0 Å². The van der Waals surface area contributed by atoms with Crippen LogP contribution < -0.4 is 0 Å². The molecule has 170 valence electrons. The molecular formula is C23H29N5O3S. The van der Waals surface area contributed by atoms with E-state index in [-0.39, 0.29) is 17.9 Å². The van der Waals surface area contributed by atoms with Gasteiger partial charge in [-0.3, -0.25) is 19.4 Å². The first-order valence-electron chi connectivity index (χ1n) is 11.4. The largest absolute Gasteiger partial charge is 0.467 e. The summed E-state index contributed by atoms with van der Waals surface area (Å²) in [5, 5.41) is 8.33. The first kappa shape index (κ1) is 21.4. The summed E-state index contributed by atoms with van der Waals surface area (Å²) in [6.07, 6.45) is 4.54. The third-order valence-electron chi connectivity index (χ3n) is 6.48. The lowest BCUT2D eigenvalue weighted by atomic mass is 10.1. The molecule has 9 heteroatoms. The zero-order valence-corrected chi connectivity index (χ0v) is 19.0. The maximum atomic E-state index is 13.2. The molecule has 5 heterocycles. The lowest BCUT2D eigenvalue weighted by Crippen LogP contribution is -2.51. The number of nitrogens with zero attached hydrogens (tertiary/aromatic N) is 5. The van der Waals surface area contributed by atoms with Gasteiger partial charge in [0.05, 0.1) is 29.9 Å². The van der Waals surface area contributed by atoms with Crippen molar-refractivity contribution < 1.29 is 14.0 Å². The number of likely N-dealkylation sites (tertiary alicyclic amines) is 1. The number of carbonyl (C=O) groups excluding carboxylic acids is 2. The van der Waals surface area contributed by atoms with E-state index in [1.807, 2.05) is 34.5 Å². The molecule has 1 atom stereocenters. The van der Waals surface area contributed by atoms with Gasteiger partial charge >= 0.3 is 0 Å². The number of carbonyl (C=O) groups is 2. The Hall–Kier alpha value is -2.49. The molecule has 32 heavy (non-hydrogen) atoms. The molecule has 2 amide bonds. The number of rotatable bonds is 6. The molecule has 0 aromatic carbocycles. The van der Waals surface area contributed by atoms with Crippen LogP contribution in [0.15, 0.2) is 45.4 Å². The Morgan fingerprint density at radius 1 is 0.969 bits per heavy atom. The molecule has 0 N–H and O–H groups in total. The van der Waals surface area contributed by atoms with Gasteiger partial charge in [-0.25, -0.2) is 5.01 Å². The van der Waals surface area contributed by atoms with Crippen LogP contribution in [0.2, 0.25) is 0 Å². The Morgan fingerprint density at radius 3 is 2.31 bits per heavy atom. The van der Waals surface area contributed by atoms with E-state index in [4.69, 9.17) is 9.52 Å². The molecule has 0 saturated carbocycles. The standard InChI is InChI=1S/C23H29N5O3S/c29-22(27-7-1-2-8-27)16-25-9-11-26(12-10-25)17-23(30)28-19(20-5-3-13-31-20)15-18(24-28)21-6-4-14-32-21/h3-6,13-14,19H,1-2,7-12,15-17H2. The second-order valence-electron chi connectivity index (χ2n) is 8.64. The molecule has 1 unspecified atom stereocenters. The van der Waals surface area contributed by atoms with E-state index < -0.39 is 0 Å². The molecule has 0 bridgehead atoms. The third kappa shape index (κ3) is 4.65. The number of amides is 2. The summed E-state index contributed by atoms with van der Waals surface area (Å²) in [7, 11) is 0. The van der Waals surface area contributed by atoms with Crippen molar-refractivity contribution in [3.05, 3.63) is 46.5 Å². The quantitative estimate of drug-likeness (QED) is 0.668. The lowest BCUT2D eigenvalue weighted by molar-refractivity contribution is -0.136. The minimum Gasteiger partial charge on any atom is -0.467 e. The van der Waals surface area contributed by atoms with E-state index in [0.29, 0.717) is 19.5 Å². The molecular weight excluding hydrogens is 426 g/mol. The average molecular weight is 456 g/mol. The van der Waals surface area contributed by atoms with Gasteiger partial charge in [0.2, 0.25) is 5.91 Å². The Bertz CT molecular complexity index is 944. The highest BCUT2D eigenvalue weighted by Crippen LogP contribution is 2.34. The minimum absolute atomic E-state index is 0.0143. The van der Waals surface area contributed by atoms with Crippen LogP contribution in [0, 0.1) is 0 Å². The SMILES string of the molecule is O=C(CN1CCN(CC(=O)N2N=C(c3cccs3)CC2c2ccco2)CC1)N1CCCC1. The summed E-state index contributed by atoms with van der Waals surface area (Å²) in [5.74, 6) is 0.985. The van der Waals surface area contributed by atoms with Crippen LogP contribution in [0.25, 0.3) is 0 Å². The summed E-state index contributed by atoms with van der Waals surface area (Å²) in [6, 6.07) is 7.61. The number of piperazine rings is 1. The molecule has 2 saturated heterocycles. The Kier molecular flexibility index (Phi) is 6.38. The molecule has 8 nitrogen and oxygen atoms in total. The maximum absolute atomic E-state index is 13.2. The van der Waals surface area contributed by atoms with E-state index in [0.717, 1.165) is 68.5 Å². The molecule has 2 aromatic rings. The molecule has 5 rings (SSSR count). The van der Waals surface area contributed by atoms with Crippen molar-refractivity contribution >= 4 is 28.9 Å². The fourth-order valence-corrected chi connectivity index (χ4v) is 5.38. The van der Waals surface area contributed by atoms with Gasteiger partial charge in [0.25, 0.3) is 5.91 Å². The van der Waals surface area contributed by atoms with Crippen molar-refractivity contribution in [2.45, 2.75) is 25.3 Å². The third-order valence-corrected chi connectivity index (χ3v) is 7.40. The van der Waals surface area contributed by atoms with Crippen molar-refractivity contribution in [2.75, 3.05) is 52.4 Å². The van der Waals surface area contributed by atoms with Crippen LogP contribution in [-0.2, 0) is 9.59 Å². The van der Waals surface area contributed by atoms with Crippen molar-refractivity contribution in [2.24, 2.45) is 5.10 Å². The molecule has 0 radical (unpaired) electrons. The number of hydrogen-bond donors (Lipinski definition) is 0. The van der Waals surface area contributed by atoms with Gasteiger partial charge in [0.15, 0.2) is 0 Å². The summed E-state index contributed by atoms with van der Waals surface area (Å²) >= 11 is 1.64. The predicted octanol–water partition coefficient (Wildman–Crippen LogP) is 2.26. The minimum atomic E-state index is -0.200. The van der Waals surface area contributed by atoms with Gasteiger partial charge in [-0.05, 0) is 36.4 Å². The highest BCUT2D eigenvalue weighted by atomic mass is 32.1. The monoisotopic (exact) mass is 455 g/mol. The summed E-state index contributed by atoms with van der Waals surface area (Å²) in [6.45, 7) is 5.77. The van der Waals surface area contributed by atoms with Crippen LogP contribution >= 0.6 is 11.3 Å². The topological polar surface area (TPSA) is 72.6 Å². The summed E-state index contributed by atoms with van der Waals surface area (Å²) < 4.78 is 5.63. The number of furan rings is 1. The van der Waals surface area contributed by atoms with Crippen molar-refractivity contribution in [3.8, 4) is 0 Å². The summed E-state index contributed by atoms with van der Waals surface area (Å²) in [4.78, 5) is 33.1. The van der Waals surface area contributed by atoms with Crippen LogP contribution in [-0.4, -0.2) is 89.6 Å². The van der Waals surface area contributed by atoms with Crippen molar-refractivity contribution in [3.63, 3.8) is 0 Å². The van der Waals surface area contributed by atoms with Gasteiger partial charge in [0, 0.05) is 45.7 Å². The van der Waals surface area contributed by atoms with Gasteiger partial charge in [-0.2, -0.15) is 5.10 Å². The van der Waals surface area contributed by atoms with E-state index in [1.54, 1.807) is 22.6 Å². The normalized spacial score (nSPS) is 22.5. The van der Waals surface area contributed by atoms with Crippen LogP contribution in [0.1, 0.15) is 35.9 Å². The van der Waals surface area contributed by atoms with Crippen molar-refractivity contribution in [1.29, 1.82) is 0 Å². The molecule has 3 aliphatic heterocycles. The van der Waals surface area contributed by atoms with Gasteiger partial charge in [-0.1, -0.05) is 6.07 Å². The fourth-order valence-electron chi connectivity index (χ4n) is 4.66. The molecule has 2 aromatic heterocycles. The average Bonchev–Trinajstić information content (AvgIpc) is 3.61. The van der Waals surface area contributed by atoms with Crippen molar-refractivity contribution in [1.82, 2.24) is 19.7 Å². The smallest absolute Gasteiger partial charge is 0.257 e. The number of hydrogen-bond acceptors (Lipinski definition) is 7. The second-order valence-corrected chi connectivity index (χ2v) is 9.59. The Balaban J connectivity index is 1.18. The van der Waals surface area contributed by atoms with E-state index in [9.17, 15) is 9.59 Å². The van der Waals surface area contributed by atoms with E-state index in [1.165, 1.54) is 0 Å². The first-order chi connectivity index (χ1) is 15.7. The van der Waals surface area contributed by atoms with Gasteiger partial charge < -0.3 is 9.32 Å². The number of hydrazone groups is 1. The summed E-state index contributed by atoms with van der Waals surface area (Å²) in [5.41, 5.74) is 0.931. The van der Waals surface area contributed by atoms with Crippen LogP contribution in [0.5, 0.6) is 0 Å². The van der Waals surface area contributed by atoms with Crippen LogP contribution in [0.4, 0.5) is 0 Å². The second kappa shape index (κ2) is 9.56. The predicted molar refractivity (Wildman–Crippen MR) is 122 cm³/mol. The highest BCUT2D eigenvalue weighted by Gasteiger charge is 2.36.